The summed E-state index contributed by atoms with van der Waals surface area (Å²) in [5.74, 6) is 1.20. The molecule has 19 heavy (non-hydrogen) atoms. The fourth-order valence-corrected chi connectivity index (χ4v) is 1.57. The number of nitro benzene ring substituents is 1. The smallest absolute Gasteiger partial charge is 0.270 e. The minimum Gasteiger partial charge on any atom is -0.493 e. The minimum absolute atomic E-state index is 0.101. The number of nitro groups is 1. The molecule has 0 saturated heterocycles. The molecule has 0 spiro atoms. The van der Waals surface area contributed by atoms with E-state index in [1.54, 1.807) is 12.1 Å². The highest BCUT2D eigenvalue weighted by Crippen LogP contribution is 2.24. The van der Waals surface area contributed by atoms with E-state index in [9.17, 15) is 10.1 Å². The number of nitrogens with one attached hydrogen (secondary N) is 1. The molecule has 106 valence electrons. The second kappa shape index (κ2) is 7.74. The maximum Gasteiger partial charge on any atom is 0.270 e. The number of rotatable bonds is 8. The van der Waals surface area contributed by atoms with Gasteiger partial charge in [0.05, 0.1) is 11.5 Å². The Balaban J connectivity index is 2.85. The van der Waals surface area contributed by atoms with Crippen molar-refractivity contribution in [2.45, 2.75) is 33.7 Å². The Morgan fingerprint density at radius 3 is 2.74 bits per heavy atom. The summed E-state index contributed by atoms with van der Waals surface area (Å²) in [4.78, 5) is 10.4. The number of nitrogens with zero attached hydrogens (tertiary/aromatic N) is 1. The van der Waals surface area contributed by atoms with Gasteiger partial charge in [0.1, 0.15) is 5.75 Å². The van der Waals surface area contributed by atoms with Crippen molar-refractivity contribution in [3.8, 4) is 5.75 Å². The number of non-ortho nitro benzene ring substituents is 1. The van der Waals surface area contributed by atoms with E-state index in [-0.39, 0.29) is 10.6 Å². The summed E-state index contributed by atoms with van der Waals surface area (Å²) in [5.41, 5.74) is 0.933. The summed E-state index contributed by atoms with van der Waals surface area (Å²) >= 11 is 0. The molecule has 1 N–H and O–H groups in total. The predicted molar refractivity (Wildman–Crippen MR) is 75.4 cm³/mol. The lowest BCUT2D eigenvalue weighted by molar-refractivity contribution is -0.384. The van der Waals surface area contributed by atoms with Gasteiger partial charge in [0.2, 0.25) is 0 Å². The van der Waals surface area contributed by atoms with Gasteiger partial charge in [-0.05, 0) is 18.5 Å². The quantitative estimate of drug-likeness (QED) is 0.580. The van der Waals surface area contributed by atoms with E-state index < -0.39 is 0 Å². The normalized spacial score (nSPS) is 12.2. The molecule has 5 nitrogen and oxygen atoms in total. The molecular formula is C14H22N2O3. The highest BCUT2D eigenvalue weighted by molar-refractivity contribution is 5.43. The molecule has 0 aliphatic carbocycles. The zero-order valence-corrected chi connectivity index (χ0v) is 11.8. The highest BCUT2D eigenvalue weighted by Gasteiger charge is 2.12. The van der Waals surface area contributed by atoms with Crippen molar-refractivity contribution in [1.29, 1.82) is 0 Å². The largest absolute Gasteiger partial charge is 0.493 e. The second-order valence-corrected chi connectivity index (χ2v) is 4.65. The van der Waals surface area contributed by atoms with Crippen molar-refractivity contribution in [3.05, 3.63) is 33.9 Å². The van der Waals surface area contributed by atoms with Crippen LogP contribution in [0.5, 0.6) is 5.75 Å². The van der Waals surface area contributed by atoms with Crippen LogP contribution in [0.2, 0.25) is 0 Å². The van der Waals surface area contributed by atoms with Crippen LogP contribution < -0.4 is 10.1 Å². The van der Waals surface area contributed by atoms with Crippen LogP contribution in [0, 0.1) is 16.0 Å². The van der Waals surface area contributed by atoms with Crippen LogP contribution in [-0.4, -0.2) is 18.1 Å². The lowest BCUT2D eigenvalue weighted by atomic mass is 10.1. The van der Waals surface area contributed by atoms with Crippen LogP contribution in [0.15, 0.2) is 18.2 Å². The van der Waals surface area contributed by atoms with Gasteiger partial charge in [-0.3, -0.25) is 10.1 Å². The van der Waals surface area contributed by atoms with E-state index in [1.165, 1.54) is 6.07 Å². The maximum atomic E-state index is 10.8. The lowest BCUT2D eigenvalue weighted by Gasteiger charge is -2.14. The Labute approximate surface area is 114 Å². The summed E-state index contributed by atoms with van der Waals surface area (Å²) < 4.78 is 5.76. The van der Waals surface area contributed by atoms with E-state index in [2.05, 4.69) is 19.2 Å². The summed E-state index contributed by atoms with van der Waals surface area (Å²) in [5, 5.41) is 14.0. The van der Waals surface area contributed by atoms with E-state index in [1.807, 2.05) is 6.92 Å². The van der Waals surface area contributed by atoms with Gasteiger partial charge < -0.3 is 10.1 Å². The second-order valence-electron chi connectivity index (χ2n) is 4.65. The Kier molecular flexibility index (Phi) is 6.29. The third-order valence-electron chi connectivity index (χ3n) is 3.04. The van der Waals surface area contributed by atoms with Crippen LogP contribution in [0.25, 0.3) is 0 Å². The van der Waals surface area contributed by atoms with Crippen molar-refractivity contribution >= 4 is 5.69 Å². The fraction of sp³-hybridized carbons (Fsp3) is 0.571. The zero-order chi connectivity index (χ0) is 14.3. The summed E-state index contributed by atoms with van der Waals surface area (Å²) in [7, 11) is 0. The van der Waals surface area contributed by atoms with Gasteiger partial charge in [-0.1, -0.05) is 27.2 Å². The first kappa shape index (κ1) is 15.4. The first-order chi connectivity index (χ1) is 9.08. The maximum absolute atomic E-state index is 10.8. The van der Waals surface area contributed by atoms with Crippen molar-refractivity contribution in [2.75, 3.05) is 13.2 Å². The average molecular weight is 266 g/mol. The predicted octanol–water partition coefficient (Wildman–Crippen LogP) is 3.13. The molecule has 1 aromatic rings. The van der Waals surface area contributed by atoms with E-state index >= 15 is 0 Å². The lowest BCUT2D eigenvalue weighted by Crippen LogP contribution is -2.14. The molecule has 0 aliphatic rings. The molecule has 5 heteroatoms. The standard InChI is InChI=1S/C14H22N2O3/c1-4-11(3)10-19-14-7-6-13(16(17)18)8-12(14)9-15-5-2/h6-8,11,15H,4-5,9-10H2,1-3H3. The number of hydrogen-bond donors (Lipinski definition) is 1. The molecule has 1 aromatic carbocycles. The van der Waals surface area contributed by atoms with Crippen molar-refractivity contribution < 1.29 is 9.66 Å². The molecule has 0 saturated carbocycles. The van der Waals surface area contributed by atoms with Gasteiger partial charge >= 0.3 is 0 Å². The van der Waals surface area contributed by atoms with E-state index in [4.69, 9.17) is 4.74 Å². The summed E-state index contributed by atoms with van der Waals surface area (Å²) in [6.45, 7) is 8.25. The van der Waals surface area contributed by atoms with Crippen molar-refractivity contribution in [1.82, 2.24) is 5.32 Å². The first-order valence-electron chi connectivity index (χ1n) is 6.69. The van der Waals surface area contributed by atoms with Crippen LogP contribution in [0.4, 0.5) is 5.69 Å². The Hall–Kier alpha value is -1.62. The molecule has 0 heterocycles. The molecule has 0 aliphatic heterocycles. The van der Waals surface area contributed by atoms with Gasteiger partial charge in [0.25, 0.3) is 5.69 Å². The minimum atomic E-state index is -0.381. The molecule has 0 fully saturated rings. The molecule has 1 rings (SSSR count). The van der Waals surface area contributed by atoms with Gasteiger partial charge in [-0.2, -0.15) is 0 Å². The number of benzene rings is 1. The van der Waals surface area contributed by atoms with Crippen molar-refractivity contribution in [3.63, 3.8) is 0 Å². The summed E-state index contributed by atoms with van der Waals surface area (Å²) in [6, 6.07) is 4.75. The average Bonchev–Trinajstić information content (AvgIpc) is 2.42. The topological polar surface area (TPSA) is 64.4 Å². The SMILES string of the molecule is CCNCc1cc([N+](=O)[O-])ccc1OCC(C)CC. The van der Waals surface area contributed by atoms with Crippen LogP contribution in [0.1, 0.15) is 32.8 Å². The zero-order valence-electron chi connectivity index (χ0n) is 11.8. The van der Waals surface area contributed by atoms with Crippen LogP contribution in [-0.2, 0) is 6.54 Å². The van der Waals surface area contributed by atoms with Gasteiger partial charge in [0, 0.05) is 24.2 Å². The summed E-state index contributed by atoms with van der Waals surface area (Å²) in [6.07, 6.45) is 1.05. The van der Waals surface area contributed by atoms with Gasteiger partial charge in [-0.25, -0.2) is 0 Å². The fourth-order valence-electron chi connectivity index (χ4n) is 1.57. The van der Waals surface area contributed by atoms with Gasteiger partial charge in [0.15, 0.2) is 0 Å². The number of hydrogen-bond acceptors (Lipinski definition) is 4. The van der Waals surface area contributed by atoms with E-state index in [0.29, 0.717) is 19.1 Å². The van der Waals surface area contributed by atoms with Gasteiger partial charge in [-0.15, -0.1) is 0 Å². The molecule has 0 aromatic heterocycles. The highest BCUT2D eigenvalue weighted by atomic mass is 16.6. The molecular weight excluding hydrogens is 244 g/mol. The van der Waals surface area contributed by atoms with E-state index in [0.717, 1.165) is 24.3 Å². The Morgan fingerprint density at radius 1 is 1.42 bits per heavy atom. The first-order valence-corrected chi connectivity index (χ1v) is 6.69. The third-order valence-corrected chi connectivity index (χ3v) is 3.04. The van der Waals surface area contributed by atoms with Crippen LogP contribution >= 0.6 is 0 Å². The monoisotopic (exact) mass is 266 g/mol. The number of ether oxygens (including phenoxy) is 1. The molecule has 1 unspecified atom stereocenters. The Morgan fingerprint density at radius 2 is 2.16 bits per heavy atom. The molecule has 1 atom stereocenters. The van der Waals surface area contributed by atoms with Crippen LogP contribution in [0.3, 0.4) is 0 Å². The molecule has 0 radical (unpaired) electrons. The molecule has 0 bridgehead atoms. The third kappa shape index (κ3) is 4.87. The van der Waals surface area contributed by atoms with Crippen molar-refractivity contribution in [2.24, 2.45) is 5.92 Å². The Bertz CT molecular complexity index is 421. The molecule has 0 amide bonds.